The predicted molar refractivity (Wildman–Crippen MR) is 72.3 cm³/mol. The second-order valence-electron chi connectivity index (χ2n) is 3.54. The lowest BCUT2D eigenvalue weighted by Gasteiger charge is -2.28. The second kappa shape index (κ2) is 7.82. The number of aromatic hydroxyl groups is 2. The fourth-order valence-electron chi connectivity index (χ4n) is 1.58. The summed E-state index contributed by atoms with van der Waals surface area (Å²) in [6.45, 7) is 9.74. The lowest BCUT2D eigenvalue weighted by molar-refractivity contribution is 0.0318. The lowest BCUT2D eigenvalue weighted by Crippen LogP contribution is -2.34. The van der Waals surface area contributed by atoms with Crippen LogP contribution in [0, 0.1) is 0 Å². The summed E-state index contributed by atoms with van der Waals surface area (Å²) >= 11 is 0. The van der Waals surface area contributed by atoms with Crippen LogP contribution in [0.4, 0.5) is 0 Å². The van der Waals surface area contributed by atoms with Gasteiger partial charge in [-0.15, -0.1) is 0 Å². The summed E-state index contributed by atoms with van der Waals surface area (Å²) in [5.74, 6) is 0.371. The first kappa shape index (κ1) is 16.6. The first-order valence-electron chi connectivity index (χ1n) is 6.47. The highest BCUT2D eigenvalue weighted by molar-refractivity contribution is 5.50. The lowest BCUT2D eigenvalue weighted by atomic mass is 9.99. The molecule has 1 heterocycles. The number of fused-ring (bicyclic) bond motifs is 1. The fraction of sp³-hybridized carbons (Fsp3) is 0.571. The van der Waals surface area contributed by atoms with Crippen molar-refractivity contribution in [3.8, 4) is 17.2 Å². The molecule has 3 N–H and O–H groups in total. The van der Waals surface area contributed by atoms with Gasteiger partial charge in [0.15, 0.2) is 0 Å². The Balaban J connectivity index is 0.000000659. The highest BCUT2D eigenvalue weighted by Gasteiger charge is 2.27. The van der Waals surface area contributed by atoms with Crippen molar-refractivity contribution in [2.24, 2.45) is 0 Å². The van der Waals surface area contributed by atoms with Crippen LogP contribution in [-0.2, 0) is 6.42 Å². The first-order valence-corrected chi connectivity index (χ1v) is 6.47. The van der Waals surface area contributed by atoms with Gasteiger partial charge in [-0.05, 0) is 6.92 Å². The van der Waals surface area contributed by atoms with E-state index in [9.17, 15) is 15.3 Å². The summed E-state index contributed by atoms with van der Waals surface area (Å²) < 4.78 is 5.34. The number of hydrogen-bond acceptors (Lipinski definition) is 4. The van der Waals surface area contributed by atoms with E-state index < -0.39 is 6.10 Å². The second-order valence-corrected chi connectivity index (χ2v) is 3.54. The van der Waals surface area contributed by atoms with Gasteiger partial charge in [0.2, 0.25) is 0 Å². The molecule has 1 aliphatic rings. The van der Waals surface area contributed by atoms with Gasteiger partial charge in [-0.1, -0.05) is 27.7 Å². The fourth-order valence-corrected chi connectivity index (χ4v) is 1.58. The summed E-state index contributed by atoms with van der Waals surface area (Å²) in [5.41, 5.74) is 0.549. The van der Waals surface area contributed by atoms with Crippen LogP contribution in [0.5, 0.6) is 17.2 Å². The normalized spacial score (nSPS) is 20.3. The van der Waals surface area contributed by atoms with Crippen LogP contribution in [0.15, 0.2) is 12.1 Å². The third-order valence-electron chi connectivity index (χ3n) is 2.44. The zero-order chi connectivity index (χ0) is 14.3. The molecular formula is C14H24O4. The summed E-state index contributed by atoms with van der Waals surface area (Å²) in [4.78, 5) is 0. The van der Waals surface area contributed by atoms with Gasteiger partial charge in [0.1, 0.15) is 23.4 Å². The van der Waals surface area contributed by atoms with Crippen molar-refractivity contribution < 1.29 is 20.1 Å². The van der Waals surface area contributed by atoms with Crippen molar-refractivity contribution in [2.75, 3.05) is 0 Å². The molecule has 4 heteroatoms. The Labute approximate surface area is 109 Å². The summed E-state index contributed by atoms with van der Waals surface area (Å²) in [7, 11) is 0. The molecule has 0 aliphatic carbocycles. The molecule has 2 rings (SSSR count). The van der Waals surface area contributed by atoms with Crippen LogP contribution in [0.25, 0.3) is 0 Å². The molecular weight excluding hydrogens is 232 g/mol. The Hall–Kier alpha value is -1.42. The molecule has 1 aromatic carbocycles. The van der Waals surface area contributed by atoms with Crippen LogP contribution in [0.1, 0.15) is 40.2 Å². The monoisotopic (exact) mass is 256 g/mol. The van der Waals surface area contributed by atoms with Crippen molar-refractivity contribution in [1.29, 1.82) is 0 Å². The first-order chi connectivity index (χ1) is 8.58. The molecule has 18 heavy (non-hydrogen) atoms. The molecule has 0 saturated heterocycles. The summed E-state index contributed by atoms with van der Waals surface area (Å²) in [6.07, 6.45) is -0.579. The van der Waals surface area contributed by atoms with Crippen molar-refractivity contribution in [1.82, 2.24) is 0 Å². The number of benzene rings is 1. The van der Waals surface area contributed by atoms with Crippen molar-refractivity contribution in [3.63, 3.8) is 0 Å². The maximum absolute atomic E-state index is 9.52. The Morgan fingerprint density at radius 3 is 2.22 bits per heavy atom. The molecule has 1 aromatic rings. The van der Waals surface area contributed by atoms with Gasteiger partial charge >= 0.3 is 0 Å². The van der Waals surface area contributed by atoms with Gasteiger partial charge in [-0.3, -0.25) is 0 Å². The molecule has 4 nitrogen and oxygen atoms in total. The Morgan fingerprint density at radius 1 is 1.11 bits per heavy atom. The molecule has 0 aromatic heterocycles. The number of phenolic OH excluding ortho intramolecular Hbond substituents is 2. The van der Waals surface area contributed by atoms with Crippen LogP contribution in [0.2, 0.25) is 0 Å². The average Bonchev–Trinajstić information content (AvgIpc) is 2.37. The van der Waals surface area contributed by atoms with Gasteiger partial charge in [-0.2, -0.15) is 0 Å². The number of rotatable bonds is 0. The Kier molecular flexibility index (Phi) is 7.20. The minimum absolute atomic E-state index is 0.0362. The Bertz CT molecular complexity index is 363. The van der Waals surface area contributed by atoms with E-state index >= 15 is 0 Å². The summed E-state index contributed by atoms with van der Waals surface area (Å²) in [5, 5.41) is 28.2. The molecule has 0 fully saturated rings. The van der Waals surface area contributed by atoms with Crippen LogP contribution >= 0.6 is 0 Å². The minimum atomic E-state index is -0.613. The van der Waals surface area contributed by atoms with Gasteiger partial charge in [-0.25, -0.2) is 0 Å². The van der Waals surface area contributed by atoms with E-state index in [4.69, 9.17) is 4.74 Å². The third-order valence-corrected chi connectivity index (χ3v) is 2.44. The Morgan fingerprint density at radius 2 is 1.67 bits per heavy atom. The molecule has 2 unspecified atom stereocenters. The van der Waals surface area contributed by atoms with Crippen LogP contribution in [0.3, 0.4) is 0 Å². The van der Waals surface area contributed by atoms with Gasteiger partial charge in [0, 0.05) is 24.1 Å². The average molecular weight is 256 g/mol. The number of aliphatic hydroxyl groups is 1. The molecule has 0 saturated carbocycles. The van der Waals surface area contributed by atoms with Crippen molar-refractivity contribution >= 4 is 0 Å². The molecule has 104 valence electrons. The van der Waals surface area contributed by atoms with Gasteiger partial charge in [0.25, 0.3) is 0 Å². The number of ether oxygens (including phenoxy) is 1. The van der Waals surface area contributed by atoms with E-state index in [1.807, 2.05) is 27.7 Å². The zero-order valence-electron chi connectivity index (χ0n) is 11.8. The SMILES string of the molecule is CC.CC.CC1Oc2cc(O)cc(O)c2CC1O. The quantitative estimate of drug-likeness (QED) is 0.667. The van der Waals surface area contributed by atoms with Crippen LogP contribution in [-0.4, -0.2) is 27.5 Å². The number of hydrogen-bond donors (Lipinski definition) is 3. The molecule has 1 aliphatic heterocycles. The molecule has 2 atom stereocenters. The predicted octanol–water partition coefficient (Wildman–Crippen LogP) is 2.83. The van der Waals surface area contributed by atoms with Gasteiger partial charge in [0.05, 0.1) is 6.10 Å². The molecule has 0 bridgehead atoms. The van der Waals surface area contributed by atoms with E-state index in [1.54, 1.807) is 6.92 Å². The largest absolute Gasteiger partial charge is 0.508 e. The smallest absolute Gasteiger partial charge is 0.130 e. The topological polar surface area (TPSA) is 69.9 Å². The van der Waals surface area contributed by atoms with Crippen molar-refractivity contribution in [3.05, 3.63) is 17.7 Å². The van der Waals surface area contributed by atoms with E-state index in [-0.39, 0.29) is 17.6 Å². The molecule has 0 amide bonds. The number of aliphatic hydroxyl groups excluding tert-OH is 1. The molecule has 0 spiro atoms. The maximum Gasteiger partial charge on any atom is 0.130 e. The van der Waals surface area contributed by atoms with Crippen LogP contribution < -0.4 is 4.74 Å². The standard InChI is InChI=1S/C10H12O4.2C2H6/c1-5-8(12)4-7-9(13)2-6(11)3-10(7)14-5;2*1-2/h2-3,5,8,11-13H,4H2,1H3;2*1-2H3. The van der Waals surface area contributed by atoms with Gasteiger partial charge < -0.3 is 20.1 Å². The van der Waals surface area contributed by atoms with E-state index in [2.05, 4.69) is 0 Å². The maximum atomic E-state index is 9.52. The van der Waals surface area contributed by atoms with E-state index in [1.165, 1.54) is 12.1 Å². The van der Waals surface area contributed by atoms with Crippen molar-refractivity contribution in [2.45, 2.75) is 53.2 Å². The molecule has 0 radical (unpaired) electrons. The third kappa shape index (κ3) is 3.81. The highest BCUT2D eigenvalue weighted by Crippen LogP contribution is 2.37. The van der Waals surface area contributed by atoms with E-state index in [0.29, 0.717) is 17.7 Å². The van der Waals surface area contributed by atoms with E-state index in [0.717, 1.165) is 0 Å². The minimum Gasteiger partial charge on any atom is -0.508 e. The number of phenols is 2. The summed E-state index contributed by atoms with van der Waals surface area (Å²) in [6, 6.07) is 2.68. The highest BCUT2D eigenvalue weighted by atomic mass is 16.5. The zero-order valence-corrected chi connectivity index (χ0v) is 11.8.